The maximum atomic E-state index is 11.2. The lowest BCUT2D eigenvalue weighted by atomic mass is 10.3. The van der Waals surface area contributed by atoms with Crippen LogP contribution in [0.5, 0.6) is 0 Å². The lowest BCUT2D eigenvalue weighted by Gasteiger charge is -2.25. The Labute approximate surface area is 112 Å². The fourth-order valence-electron chi connectivity index (χ4n) is 1.03. The van der Waals surface area contributed by atoms with Crippen molar-refractivity contribution >= 4 is 45.6 Å². The number of hydrogen-bond acceptors (Lipinski definition) is 4. The Morgan fingerprint density at radius 3 is 2.28 bits per heavy atom. The fraction of sp³-hybridized carbons (Fsp3) is 0. The molecule has 0 aromatic heterocycles. The van der Waals surface area contributed by atoms with E-state index in [-0.39, 0.29) is 14.6 Å². The Morgan fingerprint density at radius 1 is 1.28 bits per heavy atom. The van der Waals surface area contributed by atoms with E-state index in [1.165, 1.54) is 24.3 Å². The molecule has 1 N–H and O–H groups in total. The quantitative estimate of drug-likeness (QED) is 0.400. The Hall–Kier alpha value is -1.42. The van der Waals surface area contributed by atoms with Crippen LogP contribution in [0.25, 0.3) is 0 Å². The van der Waals surface area contributed by atoms with Gasteiger partial charge in [-0.1, -0.05) is 27.9 Å². The van der Waals surface area contributed by atoms with Gasteiger partial charge in [0.15, 0.2) is 0 Å². The van der Waals surface area contributed by atoms with Gasteiger partial charge in [0.25, 0.3) is 0 Å². The van der Waals surface area contributed by atoms with Crippen LogP contribution in [0.3, 0.4) is 0 Å². The van der Waals surface area contributed by atoms with E-state index >= 15 is 0 Å². The predicted molar refractivity (Wildman–Crippen MR) is 64.3 cm³/mol. The number of urea groups is 1. The van der Waals surface area contributed by atoms with Crippen molar-refractivity contribution in [2.24, 2.45) is 9.75 Å². The molecule has 1 rings (SSSR count). The molecule has 0 aliphatic rings. The average Bonchev–Trinajstić information content (AvgIpc) is 2.29. The van der Waals surface area contributed by atoms with Gasteiger partial charge < -0.3 is 0 Å². The minimum Gasteiger partial charge on any atom is -0.268 e. The zero-order valence-corrected chi connectivity index (χ0v) is 10.8. The number of carbonyl (C=O) groups is 1. The third kappa shape index (κ3) is 3.53. The number of para-hydroxylation sites is 1. The van der Waals surface area contributed by atoms with Gasteiger partial charge in [0, 0.05) is 11.8 Å². The Morgan fingerprint density at radius 2 is 1.83 bits per heavy atom. The van der Waals surface area contributed by atoms with E-state index in [0.717, 1.165) is 0 Å². The number of nitrogens with zero attached hydrogens (tertiary/aromatic N) is 4. The molecule has 98 valence electrons. The summed E-state index contributed by atoms with van der Waals surface area (Å²) < 4.78 is 34.2. The molecular weight excluding hydrogens is 307 g/mol. The Balaban J connectivity index is 3.20. The van der Waals surface area contributed by atoms with Gasteiger partial charge in [-0.15, -0.1) is 8.94 Å². The van der Waals surface area contributed by atoms with Gasteiger partial charge in [-0.25, -0.2) is 4.79 Å². The summed E-state index contributed by atoms with van der Waals surface area (Å²) in [5.41, 5.74) is -0.0758. The van der Waals surface area contributed by atoms with Crippen LogP contribution in [0, 0.1) is 0 Å². The summed E-state index contributed by atoms with van der Waals surface area (Å²) in [5.74, 6) is 0. The van der Waals surface area contributed by atoms with Gasteiger partial charge in [0.1, 0.15) is 0 Å². The molecule has 0 radical (unpaired) electrons. The first kappa shape index (κ1) is 14.6. The van der Waals surface area contributed by atoms with Crippen molar-refractivity contribution in [2.45, 2.75) is 0 Å². The largest absolute Gasteiger partial charge is 0.398 e. The summed E-state index contributed by atoms with van der Waals surface area (Å²) in [4.78, 5) is 11.2. The van der Waals surface area contributed by atoms with Crippen molar-refractivity contribution < 1.29 is 17.8 Å². The van der Waals surface area contributed by atoms with Gasteiger partial charge in [-0.05, 0) is 12.1 Å². The van der Waals surface area contributed by atoms with Crippen molar-refractivity contribution in [3.8, 4) is 0 Å². The van der Waals surface area contributed by atoms with Gasteiger partial charge in [-0.3, -0.25) is 4.55 Å². The number of rotatable bonds is 3. The van der Waals surface area contributed by atoms with Crippen LogP contribution in [-0.4, -0.2) is 23.5 Å². The van der Waals surface area contributed by atoms with Crippen LogP contribution in [0.2, 0.25) is 0 Å². The molecule has 0 saturated carbocycles. The smallest absolute Gasteiger partial charge is 0.268 e. The molecule has 0 heterocycles. The molecule has 18 heavy (non-hydrogen) atoms. The van der Waals surface area contributed by atoms with Gasteiger partial charge >= 0.3 is 16.3 Å². The maximum absolute atomic E-state index is 11.2. The number of benzene rings is 1. The molecule has 0 bridgehead atoms. The van der Waals surface area contributed by atoms with E-state index in [9.17, 15) is 13.2 Å². The predicted octanol–water partition coefficient (Wildman–Crippen LogP) is 2.39. The molecule has 0 aliphatic heterocycles. The first-order valence-corrected chi connectivity index (χ1v) is 6.30. The first-order valence-electron chi connectivity index (χ1n) is 4.22. The summed E-state index contributed by atoms with van der Waals surface area (Å²) in [6, 6.07) is 5.86. The molecule has 0 aliphatic carbocycles. The third-order valence-corrected chi connectivity index (χ3v) is 2.91. The highest BCUT2D eigenvalue weighted by Gasteiger charge is 2.30. The van der Waals surface area contributed by atoms with Gasteiger partial charge in [-0.2, -0.15) is 8.42 Å². The summed E-state index contributed by atoms with van der Waals surface area (Å²) in [6.07, 6.45) is 0. The molecular formula is C7H6Cl2N4O4S. The lowest BCUT2D eigenvalue weighted by Crippen LogP contribution is -2.43. The normalized spacial score (nSPS) is 11.5. The molecule has 2 amide bonds. The highest BCUT2D eigenvalue weighted by Crippen LogP contribution is 2.21. The van der Waals surface area contributed by atoms with Gasteiger partial charge in [0.05, 0.1) is 17.5 Å². The van der Waals surface area contributed by atoms with Crippen LogP contribution in [0.4, 0.5) is 10.5 Å². The molecule has 0 saturated heterocycles. The van der Waals surface area contributed by atoms with Crippen LogP contribution in [0.1, 0.15) is 0 Å². The second-order valence-electron chi connectivity index (χ2n) is 2.77. The molecule has 1 aromatic rings. The van der Waals surface area contributed by atoms with Crippen molar-refractivity contribution in [1.29, 1.82) is 0 Å². The van der Waals surface area contributed by atoms with Crippen LogP contribution in [0.15, 0.2) is 40.1 Å². The van der Waals surface area contributed by atoms with E-state index in [2.05, 4.69) is 9.75 Å². The molecule has 8 nitrogen and oxygen atoms in total. The third-order valence-electron chi connectivity index (χ3n) is 1.64. The number of hydrazine groups is 1. The molecule has 0 fully saturated rings. The van der Waals surface area contributed by atoms with Crippen molar-refractivity contribution in [3.63, 3.8) is 0 Å². The van der Waals surface area contributed by atoms with Crippen LogP contribution in [-0.2, 0) is 10.3 Å². The average molecular weight is 313 g/mol. The van der Waals surface area contributed by atoms with E-state index < -0.39 is 16.3 Å². The lowest BCUT2D eigenvalue weighted by molar-refractivity contribution is 0.232. The number of carbonyl (C=O) groups excluding carboxylic acids is 1. The minimum atomic E-state index is -4.82. The van der Waals surface area contributed by atoms with Crippen LogP contribution >= 0.6 is 23.6 Å². The molecule has 0 unspecified atom stereocenters. The Kier molecular flexibility index (Phi) is 4.84. The minimum absolute atomic E-state index is 0.0244. The van der Waals surface area contributed by atoms with Gasteiger partial charge in [0.2, 0.25) is 0 Å². The second-order valence-corrected chi connectivity index (χ2v) is 4.49. The zero-order valence-electron chi connectivity index (χ0n) is 8.51. The van der Waals surface area contributed by atoms with Crippen molar-refractivity contribution in [1.82, 2.24) is 4.53 Å². The first-order chi connectivity index (χ1) is 8.38. The number of halogens is 2. The van der Waals surface area contributed by atoms with E-state index in [1.54, 1.807) is 6.07 Å². The number of hydrogen-bond donors (Lipinski definition) is 1. The second kappa shape index (κ2) is 5.96. The molecule has 1 aromatic carbocycles. The standard InChI is InChI=1S/C7H6Cl2N4O4S/c8-11-10-7(14)12(9)13(18(15,16)17)6-4-2-1-3-5-6/h1-5H,(H,15,16,17). The molecule has 0 spiro atoms. The summed E-state index contributed by atoms with van der Waals surface area (Å²) >= 11 is 10.3. The van der Waals surface area contributed by atoms with Crippen molar-refractivity contribution in [3.05, 3.63) is 30.3 Å². The summed E-state index contributed by atoms with van der Waals surface area (Å²) in [5, 5.41) is 2.81. The molecule has 0 atom stereocenters. The summed E-state index contributed by atoms with van der Waals surface area (Å²) in [6.45, 7) is 0. The van der Waals surface area contributed by atoms with Crippen LogP contribution < -0.4 is 4.41 Å². The fourth-order valence-corrected chi connectivity index (χ4v) is 2.09. The highest BCUT2D eigenvalue weighted by atomic mass is 35.5. The number of anilines is 1. The van der Waals surface area contributed by atoms with E-state index in [4.69, 9.17) is 28.1 Å². The number of amides is 2. The summed E-state index contributed by atoms with van der Waals surface area (Å²) in [7, 11) is -4.82. The van der Waals surface area contributed by atoms with E-state index in [0.29, 0.717) is 0 Å². The van der Waals surface area contributed by atoms with E-state index in [1.807, 2.05) is 0 Å². The SMILES string of the molecule is O=C(N=NCl)N(Cl)N(c1ccccc1)S(=O)(=O)O. The maximum Gasteiger partial charge on any atom is 0.398 e. The molecule has 11 heteroatoms. The zero-order chi connectivity index (χ0) is 13.8. The van der Waals surface area contributed by atoms with Crippen molar-refractivity contribution in [2.75, 3.05) is 4.41 Å². The topological polar surface area (TPSA) is 103 Å². The highest BCUT2D eigenvalue weighted by molar-refractivity contribution is 7.87. The Bertz CT molecular complexity index is 550. The monoisotopic (exact) mass is 312 g/mol.